The lowest BCUT2D eigenvalue weighted by molar-refractivity contribution is -0.130. The monoisotopic (exact) mass is 388 g/mol. The van der Waals surface area contributed by atoms with E-state index in [4.69, 9.17) is 25.8 Å². The summed E-state index contributed by atoms with van der Waals surface area (Å²) in [6.45, 7) is 0. The Morgan fingerprint density at radius 2 is 1.78 bits per heavy atom. The molecule has 0 aliphatic carbocycles. The van der Waals surface area contributed by atoms with Crippen molar-refractivity contribution in [1.82, 2.24) is 5.01 Å². The van der Waals surface area contributed by atoms with Crippen LogP contribution in [0.5, 0.6) is 17.2 Å². The van der Waals surface area contributed by atoms with Gasteiger partial charge in [0.2, 0.25) is 0 Å². The molecule has 2 aromatic carbocycles. The number of hydrogen-bond donors (Lipinski definition) is 0. The summed E-state index contributed by atoms with van der Waals surface area (Å²) >= 11 is 5.80. The van der Waals surface area contributed by atoms with Crippen molar-refractivity contribution in [3.05, 3.63) is 53.6 Å². The van der Waals surface area contributed by atoms with Gasteiger partial charge >= 0.3 is 0 Å². The summed E-state index contributed by atoms with van der Waals surface area (Å²) < 4.78 is 15.9. The van der Waals surface area contributed by atoms with Gasteiger partial charge in [-0.3, -0.25) is 4.79 Å². The summed E-state index contributed by atoms with van der Waals surface area (Å²) in [5, 5.41) is 6.00. The van der Waals surface area contributed by atoms with Crippen molar-refractivity contribution in [1.29, 1.82) is 0 Å². The minimum Gasteiger partial charge on any atom is -0.497 e. The summed E-state index contributed by atoms with van der Waals surface area (Å²) in [6.07, 6.45) is 0.574. The minimum absolute atomic E-state index is 0.136. The predicted molar refractivity (Wildman–Crippen MR) is 104 cm³/mol. The zero-order valence-corrected chi connectivity index (χ0v) is 16.2. The Hall–Kier alpha value is -2.73. The highest BCUT2D eigenvalue weighted by Crippen LogP contribution is 2.37. The summed E-state index contributed by atoms with van der Waals surface area (Å²) in [7, 11) is 4.79. The average Bonchev–Trinajstić information content (AvgIpc) is 3.18. The Bertz CT molecular complexity index is 852. The van der Waals surface area contributed by atoms with Gasteiger partial charge in [0.1, 0.15) is 11.6 Å². The number of carbonyl (C=O) groups is 1. The predicted octanol–water partition coefficient (Wildman–Crippen LogP) is 3.63. The molecule has 0 saturated heterocycles. The van der Waals surface area contributed by atoms with Crippen LogP contribution in [0.25, 0.3) is 0 Å². The van der Waals surface area contributed by atoms with E-state index >= 15 is 0 Å². The van der Waals surface area contributed by atoms with Crippen molar-refractivity contribution in [2.45, 2.75) is 12.5 Å². The third kappa shape index (κ3) is 3.85. The van der Waals surface area contributed by atoms with E-state index in [-0.39, 0.29) is 17.8 Å². The van der Waals surface area contributed by atoms with Crippen molar-refractivity contribution >= 4 is 23.2 Å². The van der Waals surface area contributed by atoms with Gasteiger partial charge in [0.25, 0.3) is 5.91 Å². The Balaban J connectivity index is 1.94. The number of amides is 1. The Morgan fingerprint density at radius 1 is 1.07 bits per heavy atom. The average molecular weight is 389 g/mol. The van der Waals surface area contributed by atoms with Crippen LogP contribution < -0.4 is 14.2 Å². The number of methoxy groups -OCH3 is 3. The Labute approximate surface area is 163 Å². The van der Waals surface area contributed by atoms with E-state index in [9.17, 15) is 4.79 Å². The smallest absolute Gasteiger partial charge is 0.258 e. The van der Waals surface area contributed by atoms with Crippen LogP contribution in [-0.4, -0.2) is 43.8 Å². The molecule has 6 nitrogen and oxygen atoms in total. The van der Waals surface area contributed by atoms with E-state index in [0.29, 0.717) is 17.9 Å². The topological polar surface area (TPSA) is 60.4 Å². The zero-order valence-electron chi connectivity index (χ0n) is 15.4. The van der Waals surface area contributed by atoms with Crippen LogP contribution in [0.4, 0.5) is 0 Å². The summed E-state index contributed by atoms with van der Waals surface area (Å²) in [5.41, 5.74) is 2.65. The van der Waals surface area contributed by atoms with Gasteiger partial charge < -0.3 is 14.2 Å². The van der Waals surface area contributed by atoms with Crippen molar-refractivity contribution in [2.75, 3.05) is 27.2 Å². The lowest BCUT2D eigenvalue weighted by Gasteiger charge is -2.22. The highest BCUT2D eigenvalue weighted by atomic mass is 35.5. The second-order valence-electron chi connectivity index (χ2n) is 5.98. The second kappa shape index (κ2) is 8.31. The molecule has 142 valence electrons. The van der Waals surface area contributed by atoms with Gasteiger partial charge in [0, 0.05) is 6.42 Å². The first-order valence-electron chi connectivity index (χ1n) is 8.43. The highest BCUT2D eigenvalue weighted by molar-refractivity contribution is 6.27. The maximum atomic E-state index is 12.4. The van der Waals surface area contributed by atoms with Gasteiger partial charge in [-0.05, 0) is 47.5 Å². The first kappa shape index (κ1) is 19.0. The van der Waals surface area contributed by atoms with Crippen molar-refractivity contribution in [3.8, 4) is 17.2 Å². The SMILES string of the molecule is COc1ccc(C2=NN(C(=O)CCl)C(c3ccc(OC)c(OC)c3)C2)cc1. The Kier molecular flexibility index (Phi) is 5.86. The van der Waals surface area contributed by atoms with Crippen LogP contribution in [-0.2, 0) is 4.79 Å². The van der Waals surface area contributed by atoms with Crippen molar-refractivity contribution in [2.24, 2.45) is 5.10 Å². The first-order valence-corrected chi connectivity index (χ1v) is 8.96. The molecule has 0 N–H and O–H groups in total. The number of hydrogen-bond acceptors (Lipinski definition) is 5. The number of rotatable bonds is 6. The van der Waals surface area contributed by atoms with E-state index in [1.807, 2.05) is 42.5 Å². The molecule has 1 atom stereocenters. The van der Waals surface area contributed by atoms with Crippen LogP contribution >= 0.6 is 11.6 Å². The van der Waals surface area contributed by atoms with E-state index in [0.717, 1.165) is 22.6 Å². The second-order valence-corrected chi connectivity index (χ2v) is 6.25. The van der Waals surface area contributed by atoms with Gasteiger partial charge in [-0.15, -0.1) is 11.6 Å². The molecular formula is C20H21ClN2O4. The van der Waals surface area contributed by atoms with Crippen molar-refractivity contribution in [3.63, 3.8) is 0 Å². The molecule has 3 rings (SSSR count). The van der Waals surface area contributed by atoms with E-state index in [1.165, 1.54) is 5.01 Å². The third-order valence-corrected chi connectivity index (χ3v) is 4.72. The van der Waals surface area contributed by atoms with Gasteiger partial charge in [0.05, 0.1) is 33.1 Å². The molecule has 7 heteroatoms. The maximum absolute atomic E-state index is 12.4. The fourth-order valence-electron chi connectivity index (χ4n) is 3.08. The number of ether oxygens (including phenoxy) is 3. The number of benzene rings is 2. The molecule has 0 bridgehead atoms. The lowest BCUT2D eigenvalue weighted by atomic mass is 9.98. The van der Waals surface area contributed by atoms with Crippen LogP contribution in [0, 0.1) is 0 Å². The molecule has 2 aromatic rings. The molecule has 1 amide bonds. The zero-order chi connectivity index (χ0) is 19.4. The molecule has 0 saturated carbocycles. The number of nitrogens with zero attached hydrogens (tertiary/aromatic N) is 2. The largest absolute Gasteiger partial charge is 0.497 e. The molecule has 0 aromatic heterocycles. The number of halogens is 1. The highest BCUT2D eigenvalue weighted by Gasteiger charge is 2.33. The first-order chi connectivity index (χ1) is 13.1. The van der Waals surface area contributed by atoms with Gasteiger partial charge in [0.15, 0.2) is 11.5 Å². The summed E-state index contributed by atoms with van der Waals surface area (Å²) in [6, 6.07) is 12.9. The van der Waals surface area contributed by atoms with E-state index in [2.05, 4.69) is 5.10 Å². The van der Waals surface area contributed by atoms with Gasteiger partial charge in [-0.2, -0.15) is 5.10 Å². The van der Waals surface area contributed by atoms with Crippen LogP contribution in [0.2, 0.25) is 0 Å². The molecule has 1 aliphatic heterocycles. The molecule has 0 radical (unpaired) electrons. The molecule has 27 heavy (non-hydrogen) atoms. The third-order valence-electron chi connectivity index (χ3n) is 4.50. The maximum Gasteiger partial charge on any atom is 0.258 e. The molecule has 0 spiro atoms. The molecule has 1 heterocycles. The number of carbonyl (C=O) groups excluding carboxylic acids is 1. The normalized spacial score (nSPS) is 16.1. The molecule has 1 unspecified atom stereocenters. The molecule has 0 fully saturated rings. The molecule has 1 aliphatic rings. The quantitative estimate of drug-likeness (QED) is 0.709. The summed E-state index contributed by atoms with van der Waals surface area (Å²) in [5.74, 6) is 1.61. The number of hydrazone groups is 1. The minimum atomic E-state index is -0.256. The number of alkyl halides is 1. The van der Waals surface area contributed by atoms with E-state index in [1.54, 1.807) is 21.3 Å². The van der Waals surface area contributed by atoms with Gasteiger partial charge in [-0.1, -0.05) is 6.07 Å². The summed E-state index contributed by atoms with van der Waals surface area (Å²) in [4.78, 5) is 12.4. The fraction of sp³-hybridized carbons (Fsp3) is 0.300. The van der Waals surface area contributed by atoms with Gasteiger partial charge in [-0.25, -0.2) is 5.01 Å². The fourth-order valence-corrected chi connectivity index (χ4v) is 3.20. The van der Waals surface area contributed by atoms with Crippen molar-refractivity contribution < 1.29 is 19.0 Å². The standard InChI is InChI=1S/C20H21ClN2O4/c1-25-15-7-4-13(5-8-15)16-11-17(23(22-16)20(24)12-21)14-6-9-18(26-2)19(10-14)27-3/h4-10,17H,11-12H2,1-3H3. The van der Waals surface area contributed by atoms with E-state index < -0.39 is 0 Å². The Morgan fingerprint density at radius 3 is 2.37 bits per heavy atom. The molecular weight excluding hydrogens is 368 g/mol. The van der Waals surface area contributed by atoms with Crippen LogP contribution in [0.15, 0.2) is 47.6 Å². The lowest BCUT2D eigenvalue weighted by Crippen LogP contribution is -2.28. The van der Waals surface area contributed by atoms with Crippen LogP contribution in [0.3, 0.4) is 0 Å². The van der Waals surface area contributed by atoms with Crippen LogP contribution in [0.1, 0.15) is 23.6 Å².